The van der Waals surface area contributed by atoms with Crippen molar-refractivity contribution in [1.82, 2.24) is 0 Å². The van der Waals surface area contributed by atoms with Crippen LogP contribution in [0.1, 0.15) is 30.5 Å². The van der Waals surface area contributed by atoms with Crippen LogP contribution < -0.4 is 10.5 Å². The van der Waals surface area contributed by atoms with E-state index >= 15 is 0 Å². The SMILES string of the molecule is CCCOc1ccc(C(N)c2cc(Br)ccc2I)cc1Br. The highest BCUT2D eigenvalue weighted by atomic mass is 127. The van der Waals surface area contributed by atoms with Gasteiger partial charge in [0.25, 0.3) is 0 Å². The lowest BCUT2D eigenvalue weighted by Gasteiger charge is -2.16. The molecular formula is C16H16Br2INO. The molecule has 2 aromatic rings. The van der Waals surface area contributed by atoms with Crippen LogP contribution in [0.4, 0.5) is 0 Å². The third kappa shape index (κ3) is 4.43. The number of nitrogens with two attached hydrogens (primary N) is 1. The van der Waals surface area contributed by atoms with Gasteiger partial charge in [-0.1, -0.05) is 28.9 Å². The van der Waals surface area contributed by atoms with E-state index in [0.717, 1.165) is 35.8 Å². The lowest BCUT2D eigenvalue weighted by Crippen LogP contribution is -2.13. The van der Waals surface area contributed by atoms with E-state index in [0.29, 0.717) is 6.61 Å². The summed E-state index contributed by atoms with van der Waals surface area (Å²) in [5.41, 5.74) is 8.59. The van der Waals surface area contributed by atoms with Crippen molar-refractivity contribution in [2.45, 2.75) is 19.4 Å². The minimum Gasteiger partial charge on any atom is -0.492 e. The Morgan fingerprint density at radius 2 is 1.95 bits per heavy atom. The summed E-state index contributed by atoms with van der Waals surface area (Å²) < 4.78 is 8.81. The Balaban J connectivity index is 2.29. The van der Waals surface area contributed by atoms with Gasteiger partial charge in [0.1, 0.15) is 5.75 Å². The van der Waals surface area contributed by atoms with E-state index in [4.69, 9.17) is 10.5 Å². The second kappa shape index (κ2) is 7.94. The van der Waals surface area contributed by atoms with Crippen LogP contribution in [-0.4, -0.2) is 6.61 Å². The van der Waals surface area contributed by atoms with Crippen molar-refractivity contribution in [1.29, 1.82) is 0 Å². The van der Waals surface area contributed by atoms with Gasteiger partial charge in [-0.15, -0.1) is 0 Å². The average molecular weight is 525 g/mol. The van der Waals surface area contributed by atoms with E-state index in [1.165, 1.54) is 0 Å². The molecule has 0 saturated carbocycles. The van der Waals surface area contributed by atoms with E-state index in [-0.39, 0.29) is 6.04 Å². The molecule has 0 aliphatic rings. The van der Waals surface area contributed by atoms with Gasteiger partial charge in [0.15, 0.2) is 0 Å². The fourth-order valence-electron chi connectivity index (χ4n) is 1.97. The molecule has 2 nitrogen and oxygen atoms in total. The van der Waals surface area contributed by atoms with Crippen molar-refractivity contribution in [3.05, 3.63) is 60.0 Å². The fourth-order valence-corrected chi connectivity index (χ4v) is 3.53. The molecule has 0 aliphatic heterocycles. The van der Waals surface area contributed by atoms with Gasteiger partial charge in [0, 0.05) is 8.04 Å². The quantitative estimate of drug-likeness (QED) is 0.513. The first-order valence-corrected chi connectivity index (χ1v) is 9.32. The van der Waals surface area contributed by atoms with Gasteiger partial charge in [-0.3, -0.25) is 0 Å². The topological polar surface area (TPSA) is 35.2 Å². The lowest BCUT2D eigenvalue weighted by atomic mass is 10.00. The van der Waals surface area contributed by atoms with Gasteiger partial charge >= 0.3 is 0 Å². The third-order valence-electron chi connectivity index (χ3n) is 3.07. The first-order chi connectivity index (χ1) is 10.0. The minimum atomic E-state index is -0.161. The Morgan fingerprint density at radius 3 is 2.62 bits per heavy atom. The Labute approximate surface area is 155 Å². The molecule has 0 aromatic heterocycles. The smallest absolute Gasteiger partial charge is 0.133 e. The van der Waals surface area contributed by atoms with Crippen molar-refractivity contribution in [2.75, 3.05) is 6.61 Å². The van der Waals surface area contributed by atoms with E-state index in [9.17, 15) is 0 Å². The van der Waals surface area contributed by atoms with Gasteiger partial charge in [-0.2, -0.15) is 0 Å². The summed E-state index contributed by atoms with van der Waals surface area (Å²) in [6.45, 7) is 2.81. The Hall–Kier alpha value is -0.110. The van der Waals surface area contributed by atoms with Crippen LogP contribution in [0.5, 0.6) is 5.75 Å². The van der Waals surface area contributed by atoms with Crippen molar-refractivity contribution in [3.63, 3.8) is 0 Å². The van der Waals surface area contributed by atoms with Gasteiger partial charge in [0.2, 0.25) is 0 Å². The third-order valence-corrected chi connectivity index (χ3v) is 5.17. The molecule has 1 unspecified atom stereocenters. The van der Waals surface area contributed by atoms with Crippen LogP contribution in [0, 0.1) is 3.57 Å². The number of benzene rings is 2. The molecule has 0 fully saturated rings. The van der Waals surface area contributed by atoms with Crippen molar-refractivity contribution >= 4 is 54.5 Å². The van der Waals surface area contributed by atoms with E-state index in [1.807, 2.05) is 24.3 Å². The molecule has 0 amide bonds. The first-order valence-electron chi connectivity index (χ1n) is 6.65. The van der Waals surface area contributed by atoms with Crippen molar-refractivity contribution in [3.8, 4) is 5.75 Å². The number of halogens is 3. The molecule has 2 rings (SSSR count). The van der Waals surface area contributed by atoms with Crippen LogP contribution >= 0.6 is 54.5 Å². The Morgan fingerprint density at radius 1 is 1.19 bits per heavy atom. The number of hydrogen-bond donors (Lipinski definition) is 1. The second-order valence-electron chi connectivity index (χ2n) is 4.68. The first kappa shape index (κ1) is 17.2. The van der Waals surface area contributed by atoms with Crippen LogP contribution in [0.2, 0.25) is 0 Å². The minimum absolute atomic E-state index is 0.161. The summed E-state index contributed by atoms with van der Waals surface area (Å²) in [6, 6.07) is 12.0. The highest BCUT2D eigenvalue weighted by Crippen LogP contribution is 2.32. The highest BCUT2D eigenvalue weighted by Gasteiger charge is 2.14. The van der Waals surface area contributed by atoms with Crippen molar-refractivity contribution < 1.29 is 4.74 Å². The van der Waals surface area contributed by atoms with E-state index in [1.54, 1.807) is 0 Å². The largest absolute Gasteiger partial charge is 0.492 e. The molecule has 0 bridgehead atoms. The molecule has 1 atom stereocenters. The summed E-state index contributed by atoms with van der Waals surface area (Å²) in [6.07, 6.45) is 0.990. The van der Waals surface area contributed by atoms with Gasteiger partial charge < -0.3 is 10.5 Å². The summed E-state index contributed by atoms with van der Waals surface area (Å²) >= 11 is 9.38. The highest BCUT2D eigenvalue weighted by molar-refractivity contribution is 14.1. The van der Waals surface area contributed by atoms with Crippen molar-refractivity contribution in [2.24, 2.45) is 5.73 Å². The predicted molar refractivity (Wildman–Crippen MR) is 103 cm³/mol. The van der Waals surface area contributed by atoms with Gasteiger partial charge in [0.05, 0.1) is 17.1 Å². The molecule has 21 heavy (non-hydrogen) atoms. The molecule has 2 N–H and O–H groups in total. The molecule has 5 heteroatoms. The number of ether oxygens (including phenoxy) is 1. The van der Waals surface area contributed by atoms with Crippen LogP contribution in [-0.2, 0) is 0 Å². The molecule has 0 heterocycles. The van der Waals surface area contributed by atoms with Crippen LogP contribution in [0.3, 0.4) is 0 Å². The molecule has 2 aromatic carbocycles. The number of rotatable bonds is 5. The zero-order chi connectivity index (χ0) is 15.4. The van der Waals surface area contributed by atoms with Gasteiger partial charge in [-0.05, 0) is 86.4 Å². The van der Waals surface area contributed by atoms with Crippen LogP contribution in [0.25, 0.3) is 0 Å². The predicted octanol–water partition coefficient (Wildman–Crippen LogP) is 5.65. The fraction of sp³-hybridized carbons (Fsp3) is 0.250. The Kier molecular flexibility index (Phi) is 6.52. The lowest BCUT2D eigenvalue weighted by molar-refractivity contribution is 0.315. The maximum absolute atomic E-state index is 6.42. The maximum atomic E-state index is 6.42. The zero-order valence-electron chi connectivity index (χ0n) is 11.6. The van der Waals surface area contributed by atoms with E-state index < -0.39 is 0 Å². The Bertz CT molecular complexity index is 634. The zero-order valence-corrected chi connectivity index (χ0v) is 16.9. The standard InChI is InChI=1S/C16H16Br2INO/c1-2-7-21-15-6-3-10(8-13(15)18)16(20)12-9-11(17)4-5-14(12)19/h3-6,8-9,16H,2,7,20H2,1H3. The summed E-state index contributed by atoms with van der Waals surface area (Å²) in [5.74, 6) is 0.858. The van der Waals surface area contributed by atoms with E-state index in [2.05, 4.69) is 73.5 Å². The van der Waals surface area contributed by atoms with Crippen LogP contribution in [0.15, 0.2) is 45.3 Å². The summed E-state index contributed by atoms with van der Waals surface area (Å²) in [7, 11) is 0. The molecule has 0 radical (unpaired) electrons. The average Bonchev–Trinajstić information content (AvgIpc) is 2.47. The summed E-state index contributed by atoms with van der Waals surface area (Å²) in [4.78, 5) is 0. The van der Waals surface area contributed by atoms with Gasteiger partial charge in [-0.25, -0.2) is 0 Å². The molecule has 0 aliphatic carbocycles. The molecule has 112 valence electrons. The summed E-state index contributed by atoms with van der Waals surface area (Å²) in [5, 5.41) is 0. The molecule has 0 saturated heterocycles. The molecule has 0 spiro atoms. The molecular weight excluding hydrogens is 509 g/mol. The second-order valence-corrected chi connectivity index (χ2v) is 7.61. The normalized spacial score (nSPS) is 12.2. The monoisotopic (exact) mass is 523 g/mol. The number of hydrogen-bond acceptors (Lipinski definition) is 2. The maximum Gasteiger partial charge on any atom is 0.133 e.